The third kappa shape index (κ3) is 3.95. The summed E-state index contributed by atoms with van der Waals surface area (Å²) in [6, 6.07) is 14.3. The van der Waals surface area contributed by atoms with Gasteiger partial charge >= 0.3 is 0 Å². The molecule has 1 heterocycles. The van der Waals surface area contributed by atoms with Crippen molar-refractivity contribution in [2.45, 2.75) is 33.2 Å². The Morgan fingerprint density at radius 2 is 1.86 bits per heavy atom. The lowest BCUT2D eigenvalue weighted by molar-refractivity contribution is 0.0943. The van der Waals surface area contributed by atoms with Crippen LogP contribution in [-0.2, 0) is 19.4 Å². The van der Waals surface area contributed by atoms with E-state index in [0.717, 1.165) is 19.4 Å². The van der Waals surface area contributed by atoms with Crippen molar-refractivity contribution < 1.29 is 4.79 Å². The van der Waals surface area contributed by atoms with Crippen molar-refractivity contribution >= 4 is 5.91 Å². The minimum Gasteiger partial charge on any atom is -0.340 e. The van der Waals surface area contributed by atoms with Crippen molar-refractivity contribution in [1.29, 1.82) is 0 Å². The van der Waals surface area contributed by atoms with E-state index in [1.54, 1.807) is 0 Å². The van der Waals surface area contributed by atoms with Crippen molar-refractivity contribution in [3.8, 4) is 0 Å². The number of aromatic nitrogens is 1. The number of amides is 1. The zero-order chi connectivity index (χ0) is 15.2. The molecule has 3 N–H and O–H groups in total. The Hall–Kier alpha value is -2.07. The first kappa shape index (κ1) is 15.3. The number of hydrazine groups is 1. The molecule has 1 aromatic heterocycles. The third-order valence-corrected chi connectivity index (χ3v) is 3.50. The van der Waals surface area contributed by atoms with Crippen molar-refractivity contribution in [2.75, 3.05) is 0 Å². The normalized spacial score (nSPS) is 10.9. The Balaban J connectivity index is 2.18. The van der Waals surface area contributed by atoms with E-state index in [9.17, 15) is 4.79 Å². The summed E-state index contributed by atoms with van der Waals surface area (Å²) in [6.45, 7) is 5.11. The topological polar surface area (TPSA) is 60.0 Å². The van der Waals surface area contributed by atoms with Gasteiger partial charge in [-0.1, -0.05) is 44.2 Å². The van der Waals surface area contributed by atoms with Crippen LogP contribution in [0.4, 0.5) is 0 Å². The summed E-state index contributed by atoms with van der Waals surface area (Å²) in [5.74, 6) is 5.50. The second kappa shape index (κ2) is 7.09. The van der Waals surface area contributed by atoms with Gasteiger partial charge in [0.2, 0.25) is 0 Å². The molecule has 1 amide bonds. The fourth-order valence-electron chi connectivity index (χ4n) is 2.50. The van der Waals surface area contributed by atoms with Gasteiger partial charge in [-0.3, -0.25) is 10.2 Å². The summed E-state index contributed by atoms with van der Waals surface area (Å²) >= 11 is 0. The minimum absolute atomic E-state index is 0.235. The van der Waals surface area contributed by atoms with E-state index in [2.05, 4.69) is 48.1 Å². The Morgan fingerprint density at radius 1 is 1.14 bits per heavy atom. The number of nitrogens with one attached hydrogen (secondary N) is 1. The maximum absolute atomic E-state index is 11.8. The molecule has 1 aromatic carbocycles. The first-order valence-electron chi connectivity index (χ1n) is 7.35. The largest absolute Gasteiger partial charge is 0.340 e. The second-order valence-electron chi connectivity index (χ2n) is 5.67. The highest BCUT2D eigenvalue weighted by Gasteiger charge is 2.14. The van der Waals surface area contributed by atoms with Crippen molar-refractivity contribution in [3.63, 3.8) is 0 Å². The molecule has 0 spiro atoms. The highest BCUT2D eigenvalue weighted by Crippen LogP contribution is 2.15. The molecule has 0 radical (unpaired) electrons. The van der Waals surface area contributed by atoms with Gasteiger partial charge in [0.25, 0.3) is 5.91 Å². The minimum atomic E-state index is -0.235. The van der Waals surface area contributed by atoms with Crippen LogP contribution in [0.2, 0.25) is 0 Å². The number of hydrogen-bond acceptors (Lipinski definition) is 2. The standard InChI is InChI=1S/C17H23N3O/c1-13(2)12-20-15(10-11-16(20)17(21)19-18)9-8-14-6-4-3-5-7-14/h3-7,10-11,13H,8-9,12,18H2,1-2H3,(H,19,21). The van der Waals surface area contributed by atoms with Gasteiger partial charge in [-0.25, -0.2) is 5.84 Å². The maximum Gasteiger partial charge on any atom is 0.281 e. The summed E-state index contributed by atoms with van der Waals surface area (Å²) in [7, 11) is 0. The number of carbonyl (C=O) groups is 1. The molecule has 0 aliphatic rings. The molecule has 4 heteroatoms. The van der Waals surface area contributed by atoms with E-state index in [4.69, 9.17) is 5.84 Å². The summed E-state index contributed by atoms with van der Waals surface area (Å²) in [5, 5.41) is 0. The lowest BCUT2D eigenvalue weighted by atomic mass is 10.1. The average molecular weight is 285 g/mol. The van der Waals surface area contributed by atoms with Crippen molar-refractivity contribution in [2.24, 2.45) is 11.8 Å². The average Bonchev–Trinajstić information content (AvgIpc) is 2.87. The number of nitrogen functional groups attached to an aromatic ring is 1. The van der Waals surface area contributed by atoms with E-state index >= 15 is 0 Å². The van der Waals surface area contributed by atoms with E-state index in [1.807, 2.05) is 18.2 Å². The van der Waals surface area contributed by atoms with E-state index in [0.29, 0.717) is 11.6 Å². The van der Waals surface area contributed by atoms with Crippen LogP contribution in [-0.4, -0.2) is 10.5 Å². The number of nitrogens with two attached hydrogens (primary N) is 1. The summed E-state index contributed by atoms with van der Waals surface area (Å²) in [5.41, 5.74) is 5.33. The van der Waals surface area contributed by atoms with Crippen LogP contribution in [0.5, 0.6) is 0 Å². The van der Waals surface area contributed by atoms with Crippen LogP contribution in [0.3, 0.4) is 0 Å². The summed E-state index contributed by atoms with van der Waals surface area (Å²) in [4.78, 5) is 11.8. The number of carbonyl (C=O) groups excluding carboxylic acids is 1. The molecule has 21 heavy (non-hydrogen) atoms. The van der Waals surface area contributed by atoms with Crippen LogP contribution >= 0.6 is 0 Å². The molecule has 0 aliphatic heterocycles. The Kier molecular flexibility index (Phi) is 5.17. The molecule has 0 unspecified atom stereocenters. The molecule has 2 aromatic rings. The SMILES string of the molecule is CC(C)Cn1c(CCc2ccccc2)ccc1C(=O)NN. The predicted octanol–water partition coefficient (Wildman–Crippen LogP) is 2.53. The summed E-state index contributed by atoms with van der Waals surface area (Å²) in [6.07, 6.45) is 1.88. The molecule has 0 atom stereocenters. The first-order valence-corrected chi connectivity index (χ1v) is 7.35. The highest BCUT2D eigenvalue weighted by molar-refractivity contribution is 5.92. The fraction of sp³-hybridized carbons (Fsp3) is 0.353. The second-order valence-corrected chi connectivity index (χ2v) is 5.67. The fourth-order valence-corrected chi connectivity index (χ4v) is 2.50. The molecule has 0 saturated carbocycles. The molecule has 0 saturated heterocycles. The van der Waals surface area contributed by atoms with Crippen LogP contribution in [0.25, 0.3) is 0 Å². The summed E-state index contributed by atoms with van der Waals surface area (Å²) < 4.78 is 2.08. The van der Waals surface area contributed by atoms with Gasteiger partial charge in [-0.15, -0.1) is 0 Å². The van der Waals surface area contributed by atoms with Crippen molar-refractivity contribution in [1.82, 2.24) is 9.99 Å². The number of nitrogens with zero attached hydrogens (tertiary/aromatic N) is 1. The Morgan fingerprint density at radius 3 is 2.48 bits per heavy atom. The van der Waals surface area contributed by atoms with Crippen LogP contribution in [0, 0.1) is 5.92 Å². The maximum atomic E-state index is 11.8. The molecule has 0 bridgehead atoms. The molecule has 112 valence electrons. The highest BCUT2D eigenvalue weighted by atomic mass is 16.2. The van der Waals surface area contributed by atoms with E-state index in [-0.39, 0.29) is 5.91 Å². The lowest BCUT2D eigenvalue weighted by Gasteiger charge is -2.15. The number of benzene rings is 1. The van der Waals surface area contributed by atoms with Crippen LogP contribution in [0.15, 0.2) is 42.5 Å². The van der Waals surface area contributed by atoms with Crippen LogP contribution < -0.4 is 11.3 Å². The Bertz CT molecular complexity index is 587. The van der Waals surface area contributed by atoms with Gasteiger partial charge in [0.05, 0.1) is 0 Å². The van der Waals surface area contributed by atoms with E-state index < -0.39 is 0 Å². The third-order valence-electron chi connectivity index (χ3n) is 3.50. The number of aryl methyl sites for hydroxylation is 2. The molecule has 4 nitrogen and oxygen atoms in total. The van der Waals surface area contributed by atoms with Gasteiger partial charge in [0.1, 0.15) is 5.69 Å². The van der Waals surface area contributed by atoms with Gasteiger partial charge in [-0.05, 0) is 36.5 Å². The Labute approximate surface area is 125 Å². The number of rotatable bonds is 6. The molecule has 2 rings (SSSR count). The van der Waals surface area contributed by atoms with Gasteiger partial charge < -0.3 is 4.57 Å². The van der Waals surface area contributed by atoms with Gasteiger partial charge in [0.15, 0.2) is 0 Å². The zero-order valence-corrected chi connectivity index (χ0v) is 12.7. The molecular formula is C17H23N3O. The van der Waals surface area contributed by atoms with Crippen LogP contribution in [0.1, 0.15) is 35.6 Å². The smallest absolute Gasteiger partial charge is 0.281 e. The molecule has 0 aliphatic carbocycles. The van der Waals surface area contributed by atoms with Crippen molar-refractivity contribution in [3.05, 3.63) is 59.4 Å². The predicted molar refractivity (Wildman–Crippen MR) is 84.8 cm³/mol. The quantitative estimate of drug-likeness (QED) is 0.487. The first-order chi connectivity index (χ1) is 10.1. The van der Waals surface area contributed by atoms with Gasteiger partial charge in [0, 0.05) is 12.2 Å². The lowest BCUT2D eigenvalue weighted by Crippen LogP contribution is -2.32. The monoisotopic (exact) mass is 285 g/mol. The molecule has 0 fully saturated rings. The molecular weight excluding hydrogens is 262 g/mol. The zero-order valence-electron chi connectivity index (χ0n) is 12.7. The number of hydrogen-bond donors (Lipinski definition) is 2. The van der Waals surface area contributed by atoms with E-state index in [1.165, 1.54) is 11.3 Å². The van der Waals surface area contributed by atoms with Gasteiger partial charge in [-0.2, -0.15) is 0 Å².